The number of aromatic nitrogens is 1. The van der Waals surface area contributed by atoms with Crippen LogP contribution in [0, 0.1) is 6.92 Å². The van der Waals surface area contributed by atoms with Crippen LogP contribution in [0.2, 0.25) is 5.02 Å². The molecule has 0 radical (unpaired) electrons. The molecule has 0 spiro atoms. The van der Waals surface area contributed by atoms with Gasteiger partial charge in [0.2, 0.25) is 5.91 Å². The van der Waals surface area contributed by atoms with E-state index >= 15 is 0 Å². The number of pyridine rings is 1. The number of nitrogens with zero attached hydrogens (tertiary/aromatic N) is 2. The number of carbonyl (C=O) groups is 1. The molecule has 2 saturated heterocycles. The zero-order chi connectivity index (χ0) is 20.2. The number of hydrogen-bond donors (Lipinski definition) is 0. The highest BCUT2D eigenvalue weighted by Gasteiger charge is 2.27. The van der Waals surface area contributed by atoms with E-state index in [-0.39, 0.29) is 12.0 Å². The largest absolute Gasteiger partial charge is 0.378 e. The smallest absolute Gasteiger partial charge is 0.225 e. The van der Waals surface area contributed by atoms with E-state index in [1.807, 2.05) is 17.0 Å². The van der Waals surface area contributed by atoms with Gasteiger partial charge in [0.1, 0.15) is 0 Å². The Hall–Kier alpha value is -1.91. The van der Waals surface area contributed by atoms with Gasteiger partial charge in [0, 0.05) is 42.0 Å². The number of carbonyl (C=O) groups excluding carboxylic acids is 1. The highest BCUT2D eigenvalue weighted by Crippen LogP contribution is 2.29. The molecule has 2 aliphatic heterocycles. The Bertz CT molecular complexity index is 838. The van der Waals surface area contributed by atoms with Crippen molar-refractivity contribution < 1.29 is 9.53 Å². The van der Waals surface area contributed by atoms with Crippen molar-refractivity contribution >= 4 is 17.5 Å². The Labute approximate surface area is 178 Å². The number of benzene rings is 1. The van der Waals surface area contributed by atoms with Crippen molar-refractivity contribution in [3.63, 3.8) is 0 Å². The maximum Gasteiger partial charge on any atom is 0.225 e. The lowest BCUT2D eigenvalue weighted by molar-refractivity contribution is -0.134. The van der Waals surface area contributed by atoms with Gasteiger partial charge in [-0.25, -0.2) is 0 Å². The lowest BCUT2D eigenvalue weighted by Crippen LogP contribution is -2.39. The molecular formula is C24H29ClN2O2. The number of aryl methyl sites for hydroxylation is 1. The number of hydrogen-bond acceptors (Lipinski definition) is 3. The van der Waals surface area contributed by atoms with Crippen molar-refractivity contribution in [1.29, 1.82) is 0 Å². The van der Waals surface area contributed by atoms with Crippen molar-refractivity contribution in [2.24, 2.45) is 0 Å². The van der Waals surface area contributed by atoms with Crippen molar-refractivity contribution in [3.8, 4) is 0 Å². The van der Waals surface area contributed by atoms with Crippen LogP contribution in [0.15, 0.2) is 36.4 Å². The second-order valence-electron chi connectivity index (χ2n) is 8.34. The number of piperidine rings is 1. The van der Waals surface area contributed by atoms with Gasteiger partial charge < -0.3 is 9.64 Å². The Balaban J connectivity index is 1.37. The number of rotatable bonds is 5. The summed E-state index contributed by atoms with van der Waals surface area (Å²) in [7, 11) is 0. The van der Waals surface area contributed by atoms with E-state index in [2.05, 4.69) is 31.2 Å². The molecule has 0 bridgehead atoms. The van der Waals surface area contributed by atoms with Crippen LogP contribution in [-0.4, -0.2) is 41.6 Å². The predicted molar refractivity (Wildman–Crippen MR) is 115 cm³/mol. The molecule has 154 valence electrons. The third-order valence-corrected chi connectivity index (χ3v) is 6.30. The van der Waals surface area contributed by atoms with Gasteiger partial charge in [0.15, 0.2) is 0 Å². The molecule has 2 aliphatic rings. The molecule has 29 heavy (non-hydrogen) atoms. The second kappa shape index (κ2) is 9.27. The van der Waals surface area contributed by atoms with Crippen LogP contribution in [-0.2, 0) is 16.0 Å². The quantitative estimate of drug-likeness (QED) is 0.700. The summed E-state index contributed by atoms with van der Waals surface area (Å²) in [6, 6.07) is 12.4. The Morgan fingerprint density at radius 3 is 2.59 bits per heavy atom. The van der Waals surface area contributed by atoms with E-state index in [9.17, 15) is 4.79 Å². The molecule has 2 fully saturated rings. The Kier molecular flexibility index (Phi) is 6.51. The van der Waals surface area contributed by atoms with Crippen molar-refractivity contribution in [1.82, 2.24) is 9.88 Å². The molecule has 1 atom stereocenters. The maximum atomic E-state index is 12.6. The van der Waals surface area contributed by atoms with Crippen LogP contribution in [0.5, 0.6) is 0 Å². The minimum Gasteiger partial charge on any atom is -0.378 e. The molecule has 0 N–H and O–H groups in total. The SMILES string of the molecule is Cc1cc(Cc2ccc(Cl)cc2)cc(C2CCN(C(=O)C[C@H]3CCCO3)CC2)n1. The topological polar surface area (TPSA) is 42.4 Å². The van der Waals surface area contributed by atoms with Crippen LogP contribution < -0.4 is 0 Å². The van der Waals surface area contributed by atoms with E-state index in [4.69, 9.17) is 21.3 Å². The minimum atomic E-state index is 0.133. The summed E-state index contributed by atoms with van der Waals surface area (Å²) in [6.07, 6.45) is 5.62. The van der Waals surface area contributed by atoms with Crippen LogP contribution >= 0.6 is 11.6 Å². The monoisotopic (exact) mass is 412 g/mol. The fourth-order valence-corrected chi connectivity index (χ4v) is 4.60. The number of halogens is 1. The van der Waals surface area contributed by atoms with E-state index < -0.39 is 0 Å². The molecule has 2 aromatic rings. The number of amides is 1. The summed E-state index contributed by atoms with van der Waals surface area (Å²) < 4.78 is 5.62. The van der Waals surface area contributed by atoms with Crippen LogP contribution in [0.3, 0.4) is 0 Å². The molecule has 1 amide bonds. The van der Waals surface area contributed by atoms with Gasteiger partial charge in [-0.3, -0.25) is 9.78 Å². The number of likely N-dealkylation sites (tertiary alicyclic amines) is 1. The first-order chi connectivity index (χ1) is 14.1. The average Bonchev–Trinajstić information content (AvgIpc) is 3.22. The van der Waals surface area contributed by atoms with Gasteiger partial charge in [-0.2, -0.15) is 0 Å². The van der Waals surface area contributed by atoms with Crippen LogP contribution in [0.25, 0.3) is 0 Å². The molecule has 1 aromatic carbocycles. The molecule has 0 aliphatic carbocycles. The van der Waals surface area contributed by atoms with Crippen molar-refractivity contribution in [2.75, 3.05) is 19.7 Å². The van der Waals surface area contributed by atoms with E-state index in [0.29, 0.717) is 12.3 Å². The molecule has 4 rings (SSSR count). The molecule has 1 aromatic heterocycles. The first-order valence-electron chi connectivity index (χ1n) is 10.7. The van der Waals surface area contributed by atoms with Crippen LogP contribution in [0.4, 0.5) is 0 Å². The van der Waals surface area contributed by atoms with Crippen LogP contribution in [0.1, 0.15) is 60.5 Å². The fourth-order valence-electron chi connectivity index (χ4n) is 4.47. The lowest BCUT2D eigenvalue weighted by atomic mass is 9.91. The van der Waals surface area contributed by atoms with Gasteiger partial charge in [0.25, 0.3) is 0 Å². The Morgan fingerprint density at radius 1 is 1.14 bits per heavy atom. The van der Waals surface area contributed by atoms with Gasteiger partial charge >= 0.3 is 0 Å². The minimum absolute atomic E-state index is 0.133. The highest BCUT2D eigenvalue weighted by atomic mass is 35.5. The van der Waals surface area contributed by atoms with E-state index in [0.717, 1.165) is 62.5 Å². The van der Waals surface area contributed by atoms with Gasteiger partial charge in [-0.1, -0.05) is 23.7 Å². The molecule has 0 saturated carbocycles. The zero-order valence-corrected chi connectivity index (χ0v) is 17.8. The van der Waals surface area contributed by atoms with Crippen molar-refractivity contribution in [3.05, 3.63) is 63.9 Å². The van der Waals surface area contributed by atoms with Gasteiger partial charge in [-0.15, -0.1) is 0 Å². The molecule has 4 nitrogen and oxygen atoms in total. The first kappa shape index (κ1) is 20.4. The second-order valence-corrected chi connectivity index (χ2v) is 8.78. The fraction of sp³-hybridized carbons (Fsp3) is 0.500. The standard InChI is InChI=1S/C24H29ClN2O2/c1-17-13-19(14-18-4-6-21(25)7-5-18)15-23(26-17)20-8-10-27(11-9-20)24(28)16-22-3-2-12-29-22/h4-7,13,15,20,22H,2-3,8-12,14,16H2,1H3/t22-/m1/s1. The third-order valence-electron chi connectivity index (χ3n) is 6.05. The van der Waals surface area contributed by atoms with E-state index in [1.165, 1.54) is 16.8 Å². The summed E-state index contributed by atoms with van der Waals surface area (Å²) in [5.41, 5.74) is 4.76. The molecule has 3 heterocycles. The maximum absolute atomic E-state index is 12.6. The van der Waals surface area contributed by atoms with Gasteiger partial charge in [0.05, 0.1) is 12.5 Å². The molecule has 0 unspecified atom stereocenters. The van der Waals surface area contributed by atoms with E-state index in [1.54, 1.807) is 0 Å². The summed E-state index contributed by atoms with van der Waals surface area (Å²) in [6.45, 7) is 4.50. The molecule has 5 heteroatoms. The summed E-state index contributed by atoms with van der Waals surface area (Å²) >= 11 is 6.00. The average molecular weight is 413 g/mol. The summed E-state index contributed by atoms with van der Waals surface area (Å²) in [5, 5.41) is 0.765. The highest BCUT2D eigenvalue weighted by molar-refractivity contribution is 6.30. The first-order valence-corrected chi connectivity index (χ1v) is 11.1. The normalized spacial score (nSPS) is 20.2. The van der Waals surface area contributed by atoms with Crippen molar-refractivity contribution in [2.45, 2.75) is 57.5 Å². The predicted octanol–water partition coefficient (Wildman–Crippen LogP) is 4.91. The Morgan fingerprint density at radius 2 is 1.90 bits per heavy atom. The third kappa shape index (κ3) is 5.37. The summed E-state index contributed by atoms with van der Waals surface area (Å²) in [5.74, 6) is 0.668. The zero-order valence-electron chi connectivity index (χ0n) is 17.1. The lowest BCUT2D eigenvalue weighted by Gasteiger charge is -2.32. The number of ether oxygens (including phenoxy) is 1. The summed E-state index contributed by atoms with van der Waals surface area (Å²) in [4.78, 5) is 19.4. The molecular weight excluding hydrogens is 384 g/mol. The van der Waals surface area contributed by atoms with Gasteiger partial charge in [-0.05, 0) is 74.4 Å².